The fraction of sp³-hybridized carbons (Fsp3) is 0.538. The normalized spacial score (nSPS) is 24.1. The fourth-order valence-corrected chi connectivity index (χ4v) is 5.02. The first-order valence-corrected chi connectivity index (χ1v) is 11.2. The molecule has 0 unspecified atom stereocenters. The summed E-state index contributed by atoms with van der Waals surface area (Å²) < 4.78 is 16.2. The van der Waals surface area contributed by atoms with Crippen molar-refractivity contribution in [2.75, 3.05) is 41.5 Å². The number of nitrogens with one attached hydrogen (secondary N) is 1. The molecule has 0 aromatic heterocycles. The Labute approximate surface area is 187 Å². The van der Waals surface area contributed by atoms with Gasteiger partial charge in [0.05, 0.1) is 21.3 Å². The average molecular weight is 427 g/mol. The van der Waals surface area contributed by atoms with Crippen molar-refractivity contribution < 1.29 is 14.2 Å². The van der Waals surface area contributed by atoms with Crippen LogP contribution in [-0.2, 0) is 12.0 Å². The lowest BCUT2D eigenvalue weighted by Gasteiger charge is -2.50. The highest BCUT2D eigenvalue weighted by atomic mass is 16.5. The molecule has 1 fully saturated rings. The molecule has 3 rings (SSSR count). The maximum atomic E-state index is 5.44. The molecule has 2 aromatic rings. The number of rotatable bonds is 9. The lowest BCUT2D eigenvalue weighted by Crippen LogP contribution is -2.52. The highest BCUT2D eigenvalue weighted by Crippen LogP contribution is 2.44. The van der Waals surface area contributed by atoms with E-state index in [2.05, 4.69) is 61.4 Å². The number of methoxy groups -OCH3 is 3. The van der Waals surface area contributed by atoms with E-state index >= 15 is 0 Å². The summed E-state index contributed by atoms with van der Waals surface area (Å²) in [5.41, 5.74) is 2.78. The van der Waals surface area contributed by atoms with E-state index in [0.29, 0.717) is 12.0 Å². The molecular formula is C26H38N2O3. The number of nitrogens with zero attached hydrogens (tertiary/aromatic N) is 1. The van der Waals surface area contributed by atoms with E-state index in [1.165, 1.54) is 11.1 Å². The van der Waals surface area contributed by atoms with Gasteiger partial charge in [0.15, 0.2) is 11.5 Å². The number of hydrogen-bond donors (Lipinski definition) is 1. The quantitative estimate of drug-likeness (QED) is 0.599. The van der Waals surface area contributed by atoms with E-state index < -0.39 is 0 Å². The second-order valence-corrected chi connectivity index (χ2v) is 8.89. The second-order valence-electron chi connectivity index (χ2n) is 8.89. The van der Waals surface area contributed by atoms with Crippen LogP contribution < -0.4 is 19.5 Å². The molecule has 1 aliphatic rings. The zero-order valence-electron chi connectivity index (χ0n) is 19.9. The van der Waals surface area contributed by atoms with Crippen LogP contribution in [0.4, 0.5) is 0 Å². The van der Waals surface area contributed by atoms with Crippen LogP contribution >= 0.6 is 0 Å². The van der Waals surface area contributed by atoms with Gasteiger partial charge in [-0.15, -0.1) is 0 Å². The standard InChI is InChI=1S/C26H38N2O3/c1-19-18-28(3)20(2)16-26(19,22-8-10-23(29-4)11-9-22)13-14-27-17-21-7-12-24(30-5)25(15-21)31-6/h7-12,15,19-20,27H,13-14,16-18H2,1-6H3/t19-,20+,26+/m0/s1. The lowest BCUT2D eigenvalue weighted by atomic mass is 9.63. The summed E-state index contributed by atoms with van der Waals surface area (Å²) in [6, 6.07) is 15.4. The summed E-state index contributed by atoms with van der Waals surface area (Å²) in [7, 11) is 7.31. The molecule has 0 amide bonds. The molecule has 1 heterocycles. The highest BCUT2D eigenvalue weighted by Gasteiger charge is 2.43. The van der Waals surface area contributed by atoms with Crippen molar-refractivity contribution in [3.05, 3.63) is 53.6 Å². The Morgan fingerprint density at radius 2 is 1.68 bits per heavy atom. The molecule has 0 radical (unpaired) electrons. The van der Waals surface area contributed by atoms with E-state index in [4.69, 9.17) is 14.2 Å². The van der Waals surface area contributed by atoms with Gasteiger partial charge in [0.25, 0.3) is 0 Å². The molecule has 31 heavy (non-hydrogen) atoms. The monoisotopic (exact) mass is 426 g/mol. The van der Waals surface area contributed by atoms with Crippen LogP contribution in [0.1, 0.15) is 37.8 Å². The molecule has 1 aliphatic heterocycles. The zero-order valence-corrected chi connectivity index (χ0v) is 19.9. The fourth-order valence-electron chi connectivity index (χ4n) is 5.02. The van der Waals surface area contributed by atoms with Gasteiger partial charge in [-0.1, -0.05) is 25.1 Å². The van der Waals surface area contributed by atoms with Gasteiger partial charge in [0.2, 0.25) is 0 Å². The summed E-state index contributed by atoms with van der Waals surface area (Å²) in [6.07, 6.45) is 2.26. The molecule has 5 nitrogen and oxygen atoms in total. The van der Waals surface area contributed by atoms with E-state index in [-0.39, 0.29) is 5.41 Å². The van der Waals surface area contributed by atoms with Gasteiger partial charge in [-0.3, -0.25) is 0 Å². The number of ether oxygens (including phenoxy) is 3. The Kier molecular flexibility index (Phi) is 7.84. The summed E-state index contributed by atoms with van der Waals surface area (Å²) in [6.45, 7) is 7.63. The Morgan fingerprint density at radius 1 is 0.968 bits per heavy atom. The van der Waals surface area contributed by atoms with Crippen molar-refractivity contribution >= 4 is 0 Å². The Balaban J connectivity index is 1.72. The van der Waals surface area contributed by atoms with Crippen molar-refractivity contribution in [2.24, 2.45) is 5.92 Å². The van der Waals surface area contributed by atoms with Crippen LogP contribution in [0.15, 0.2) is 42.5 Å². The molecule has 0 saturated carbocycles. The van der Waals surface area contributed by atoms with Gasteiger partial charge in [-0.05, 0) is 74.7 Å². The molecule has 170 valence electrons. The van der Waals surface area contributed by atoms with Gasteiger partial charge >= 0.3 is 0 Å². The van der Waals surface area contributed by atoms with Crippen LogP contribution in [0, 0.1) is 5.92 Å². The third-order valence-corrected chi connectivity index (χ3v) is 7.11. The summed E-state index contributed by atoms with van der Waals surface area (Å²) in [5.74, 6) is 3.03. The maximum absolute atomic E-state index is 5.44. The molecule has 0 bridgehead atoms. The van der Waals surface area contributed by atoms with Crippen LogP contribution in [0.5, 0.6) is 17.2 Å². The predicted octanol–water partition coefficient (Wildman–Crippen LogP) is 4.49. The van der Waals surface area contributed by atoms with E-state index in [0.717, 1.165) is 49.7 Å². The minimum atomic E-state index is 0.156. The van der Waals surface area contributed by atoms with Gasteiger partial charge in [0.1, 0.15) is 5.75 Å². The van der Waals surface area contributed by atoms with Gasteiger partial charge in [-0.2, -0.15) is 0 Å². The summed E-state index contributed by atoms with van der Waals surface area (Å²) in [4.78, 5) is 2.49. The van der Waals surface area contributed by atoms with Crippen LogP contribution in [0.3, 0.4) is 0 Å². The van der Waals surface area contributed by atoms with Crippen LogP contribution in [0.2, 0.25) is 0 Å². The molecule has 1 saturated heterocycles. The van der Waals surface area contributed by atoms with E-state index in [1.54, 1.807) is 21.3 Å². The third-order valence-electron chi connectivity index (χ3n) is 7.11. The van der Waals surface area contributed by atoms with Crippen molar-refractivity contribution in [1.29, 1.82) is 0 Å². The van der Waals surface area contributed by atoms with E-state index in [9.17, 15) is 0 Å². The highest BCUT2D eigenvalue weighted by molar-refractivity contribution is 5.42. The zero-order chi connectivity index (χ0) is 22.4. The average Bonchev–Trinajstić information content (AvgIpc) is 2.79. The van der Waals surface area contributed by atoms with Crippen molar-refractivity contribution in [3.63, 3.8) is 0 Å². The lowest BCUT2D eigenvalue weighted by molar-refractivity contribution is 0.0688. The molecule has 1 N–H and O–H groups in total. The minimum absolute atomic E-state index is 0.156. The van der Waals surface area contributed by atoms with E-state index in [1.807, 2.05) is 12.1 Å². The SMILES string of the molecule is COc1ccc([C@]2(CCNCc3ccc(OC)c(OC)c3)C[C@@H](C)N(C)C[C@@H]2C)cc1. The molecule has 2 aromatic carbocycles. The second kappa shape index (κ2) is 10.4. The van der Waals surface area contributed by atoms with Crippen LogP contribution in [-0.4, -0.2) is 52.4 Å². The number of hydrogen-bond acceptors (Lipinski definition) is 5. The van der Waals surface area contributed by atoms with Crippen LogP contribution in [0.25, 0.3) is 0 Å². The Morgan fingerprint density at radius 3 is 2.32 bits per heavy atom. The topological polar surface area (TPSA) is 43.0 Å². The predicted molar refractivity (Wildman–Crippen MR) is 126 cm³/mol. The first kappa shape index (κ1) is 23.4. The molecule has 5 heteroatoms. The Bertz CT molecular complexity index is 839. The van der Waals surface area contributed by atoms with Crippen molar-refractivity contribution in [1.82, 2.24) is 10.2 Å². The van der Waals surface area contributed by atoms with Gasteiger partial charge in [-0.25, -0.2) is 0 Å². The largest absolute Gasteiger partial charge is 0.497 e. The number of piperidine rings is 1. The molecular weight excluding hydrogens is 388 g/mol. The molecule has 0 aliphatic carbocycles. The smallest absolute Gasteiger partial charge is 0.161 e. The number of likely N-dealkylation sites (tertiary alicyclic amines) is 1. The molecule has 3 atom stereocenters. The summed E-state index contributed by atoms with van der Waals surface area (Å²) >= 11 is 0. The maximum Gasteiger partial charge on any atom is 0.161 e. The van der Waals surface area contributed by atoms with Gasteiger partial charge in [0, 0.05) is 24.5 Å². The van der Waals surface area contributed by atoms with Crippen molar-refractivity contribution in [3.8, 4) is 17.2 Å². The number of benzene rings is 2. The third kappa shape index (κ3) is 5.16. The van der Waals surface area contributed by atoms with Crippen molar-refractivity contribution in [2.45, 2.75) is 44.7 Å². The first-order valence-electron chi connectivity index (χ1n) is 11.2. The Hall–Kier alpha value is -2.24. The minimum Gasteiger partial charge on any atom is -0.497 e. The first-order chi connectivity index (χ1) is 14.9. The summed E-state index contributed by atoms with van der Waals surface area (Å²) in [5, 5.41) is 3.67. The molecule has 0 spiro atoms. The van der Waals surface area contributed by atoms with Gasteiger partial charge < -0.3 is 24.4 Å².